The first-order valence-electron chi connectivity index (χ1n) is 7.33. The minimum absolute atomic E-state index is 0.0110. The highest BCUT2D eigenvalue weighted by Crippen LogP contribution is 2.22. The first kappa shape index (κ1) is 16.2. The van der Waals surface area contributed by atoms with Crippen molar-refractivity contribution in [2.24, 2.45) is 10.2 Å². The molecule has 0 amide bonds. The predicted molar refractivity (Wildman–Crippen MR) is 86.7 cm³/mol. The lowest BCUT2D eigenvalue weighted by Gasteiger charge is -2.34. The number of azo groups is 1. The lowest BCUT2D eigenvalue weighted by Crippen LogP contribution is -2.44. The van der Waals surface area contributed by atoms with Gasteiger partial charge in [0.25, 0.3) is 0 Å². The Balaban J connectivity index is 2.06. The molecule has 0 saturated carbocycles. The second kappa shape index (κ2) is 7.17. The molecule has 1 aliphatic heterocycles. The van der Waals surface area contributed by atoms with E-state index in [0.717, 1.165) is 31.9 Å². The second-order valence-electron chi connectivity index (χ2n) is 5.50. The number of aliphatic hydroxyl groups is 1. The fourth-order valence-electron chi connectivity index (χ4n) is 2.30. The van der Waals surface area contributed by atoms with Crippen LogP contribution in [-0.2, 0) is 4.79 Å². The van der Waals surface area contributed by atoms with Gasteiger partial charge >= 0.3 is 0 Å². The van der Waals surface area contributed by atoms with E-state index in [1.807, 2.05) is 24.3 Å². The number of piperazine rings is 1. The molecule has 1 N–H and O–H groups in total. The van der Waals surface area contributed by atoms with Crippen LogP contribution in [0.5, 0.6) is 0 Å². The molecule has 1 aromatic carbocycles. The summed E-state index contributed by atoms with van der Waals surface area (Å²) in [6, 6.07) is 7.73. The molecule has 1 saturated heterocycles. The highest BCUT2D eigenvalue weighted by atomic mass is 16.3. The van der Waals surface area contributed by atoms with Crippen LogP contribution in [0.3, 0.4) is 0 Å². The monoisotopic (exact) mass is 302 g/mol. The average molecular weight is 302 g/mol. The van der Waals surface area contributed by atoms with Crippen molar-refractivity contribution >= 4 is 17.2 Å². The van der Waals surface area contributed by atoms with Crippen molar-refractivity contribution in [1.29, 1.82) is 0 Å². The van der Waals surface area contributed by atoms with E-state index in [1.165, 1.54) is 13.8 Å². The van der Waals surface area contributed by atoms with E-state index in [9.17, 15) is 9.90 Å². The number of likely N-dealkylation sites (N-methyl/N-ethyl adjacent to an activating group) is 1. The summed E-state index contributed by atoms with van der Waals surface area (Å²) >= 11 is 0. The molecular weight excluding hydrogens is 280 g/mol. The zero-order chi connectivity index (χ0) is 16.1. The van der Waals surface area contributed by atoms with Crippen LogP contribution in [0.15, 0.2) is 46.0 Å². The van der Waals surface area contributed by atoms with Crippen molar-refractivity contribution in [2.75, 3.05) is 38.1 Å². The quantitative estimate of drug-likeness (QED) is 0.527. The Kier molecular flexibility index (Phi) is 5.27. The van der Waals surface area contributed by atoms with Crippen molar-refractivity contribution in [2.45, 2.75) is 13.8 Å². The summed E-state index contributed by atoms with van der Waals surface area (Å²) in [6.07, 6.45) is 0. The molecule has 1 fully saturated rings. The van der Waals surface area contributed by atoms with Gasteiger partial charge < -0.3 is 14.9 Å². The third-order valence-electron chi connectivity index (χ3n) is 3.66. The van der Waals surface area contributed by atoms with Gasteiger partial charge in [0.15, 0.2) is 11.5 Å². The number of ketones is 1. The molecule has 0 radical (unpaired) electrons. The van der Waals surface area contributed by atoms with Gasteiger partial charge in [0.1, 0.15) is 5.76 Å². The minimum atomic E-state index is -0.308. The molecular formula is C16H22N4O2. The predicted octanol–water partition coefficient (Wildman–Crippen LogP) is 2.90. The zero-order valence-corrected chi connectivity index (χ0v) is 13.3. The lowest BCUT2D eigenvalue weighted by molar-refractivity contribution is -0.113. The Labute approximate surface area is 130 Å². The molecule has 0 spiro atoms. The summed E-state index contributed by atoms with van der Waals surface area (Å²) in [5.74, 6) is -0.428. The Morgan fingerprint density at radius 2 is 1.68 bits per heavy atom. The van der Waals surface area contributed by atoms with Crippen molar-refractivity contribution in [1.82, 2.24) is 4.90 Å². The third-order valence-corrected chi connectivity index (χ3v) is 3.66. The van der Waals surface area contributed by atoms with Crippen LogP contribution in [-0.4, -0.2) is 49.0 Å². The Hall–Kier alpha value is -2.21. The van der Waals surface area contributed by atoms with Crippen molar-refractivity contribution < 1.29 is 9.90 Å². The molecule has 2 rings (SSSR count). The van der Waals surface area contributed by atoms with Crippen LogP contribution in [0.2, 0.25) is 0 Å². The molecule has 0 bridgehead atoms. The second-order valence-corrected chi connectivity index (χ2v) is 5.50. The summed E-state index contributed by atoms with van der Waals surface area (Å²) in [7, 11) is 2.13. The van der Waals surface area contributed by atoms with Crippen LogP contribution >= 0.6 is 0 Å². The Morgan fingerprint density at radius 1 is 1.09 bits per heavy atom. The summed E-state index contributed by atoms with van der Waals surface area (Å²) in [5.41, 5.74) is 1.80. The summed E-state index contributed by atoms with van der Waals surface area (Å²) in [4.78, 5) is 16.0. The fraction of sp³-hybridized carbons (Fsp3) is 0.438. The van der Waals surface area contributed by atoms with E-state index in [0.29, 0.717) is 5.69 Å². The summed E-state index contributed by atoms with van der Waals surface area (Å²) in [5, 5.41) is 17.2. The molecule has 0 aliphatic carbocycles. The van der Waals surface area contributed by atoms with E-state index >= 15 is 0 Å². The van der Waals surface area contributed by atoms with Gasteiger partial charge in [0, 0.05) is 38.8 Å². The van der Waals surface area contributed by atoms with E-state index in [1.54, 1.807) is 0 Å². The van der Waals surface area contributed by atoms with Crippen LogP contribution in [0, 0.1) is 0 Å². The molecule has 1 heterocycles. The normalized spacial score (nSPS) is 17.7. The highest BCUT2D eigenvalue weighted by molar-refractivity contribution is 5.93. The number of hydrogen-bond acceptors (Lipinski definition) is 6. The molecule has 22 heavy (non-hydrogen) atoms. The Morgan fingerprint density at radius 3 is 2.18 bits per heavy atom. The maximum Gasteiger partial charge on any atom is 0.183 e. The molecule has 6 heteroatoms. The summed E-state index contributed by atoms with van der Waals surface area (Å²) in [6.45, 7) is 6.92. The molecule has 6 nitrogen and oxygen atoms in total. The van der Waals surface area contributed by atoms with E-state index < -0.39 is 0 Å². The van der Waals surface area contributed by atoms with Gasteiger partial charge in [0.2, 0.25) is 0 Å². The summed E-state index contributed by atoms with van der Waals surface area (Å²) < 4.78 is 0. The number of hydrogen-bond donors (Lipinski definition) is 1. The maximum absolute atomic E-state index is 11.3. The number of rotatable bonds is 4. The number of Topliss-reactive ketones (excluding diaryl/α,β-unsaturated/α-hetero) is 1. The van der Waals surface area contributed by atoms with Gasteiger partial charge in [-0.3, -0.25) is 4.79 Å². The van der Waals surface area contributed by atoms with Crippen LogP contribution in [0.4, 0.5) is 11.4 Å². The fourth-order valence-corrected chi connectivity index (χ4v) is 2.30. The first-order valence-corrected chi connectivity index (χ1v) is 7.33. The first-order chi connectivity index (χ1) is 10.5. The van der Waals surface area contributed by atoms with Gasteiger partial charge in [-0.05, 0) is 38.2 Å². The lowest BCUT2D eigenvalue weighted by atomic mass is 10.2. The van der Waals surface area contributed by atoms with Crippen LogP contribution in [0.25, 0.3) is 0 Å². The number of carbonyl (C=O) groups excluding carboxylic acids is 1. The maximum atomic E-state index is 11.3. The number of benzene rings is 1. The van der Waals surface area contributed by atoms with Gasteiger partial charge in [-0.1, -0.05) is 0 Å². The number of anilines is 1. The minimum Gasteiger partial charge on any atom is -0.510 e. The smallest absolute Gasteiger partial charge is 0.183 e. The third kappa shape index (κ3) is 4.14. The van der Waals surface area contributed by atoms with Gasteiger partial charge in [-0.25, -0.2) is 0 Å². The van der Waals surface area contributed by atoms with E-state index in [2.05, 4.69) is 27.1 Å². The van der Waals surface area contributed by atoms with Crippen LogP contribution in [0.1, 0.15) is 13.8 Å². The largest absolute Gasteiger partial charge is 0.510 e. The highest BCUT2D eigenvalue weighted by Gasteiger charge is 2.14. The molecule has 1 aliphatic rings. The van der Waals surface area contributed by atoms with Crippen molar-refractivity contribution in [3.05, 3.63) is 35.7 Å². The standard InChI is InChI=1S/C16H22N4O2/c1-12(21)16(13(2)22)18-17-14-4-6-15(7-5-14)20-10-8-19(3)9-11-20/h4-7,21H,8-11H2,1-3H3. The van der Waals surface area contributed by atoms with E-state index in [-0.39, 0.29) is 17.2 Å². The number of carbonyl (C=O) groups is 1. The molecule has 118 valence electrons. The van der Waals surface area contributed by atoms with Crippen molar-refractivity contribution in [3.63, 3.8) is 0 Å². The molecule has 0 unspecified atom stereocenters. The van der Waals surface area contributed by atoms with Crippen molar-refractivity contribution in [3.8, 4) is 0 Å². The zero-order valence-electron chi connectivity index (χ0n) is 13.3. The molecule has 0 atom stereocenters. The average Bonchev–Trinajstić information content (AvgIpc) is 2.48. The SMILES string of the molecule is CC(=O)C(N=Nc1ccc(N2CCN(C)CC2)cc1)=C(C)O. The van der Waals surface area contributed by atoms with Gasteiger partial charge in [0.05, 0.1) is 5.69 Å². The Bertz CT molecular complexity index is 581. The van der Waals surface area contributed by atoms with Crippen LogP contribution < -0.4 is 4.90 Å². The van der Waals surface area contributed by atoms with E-state index in [4.69, 9.17) is 0 Å². The number of allylic oxidation sites excluding steroid dienone is 2. The number of aliphatic hydroxyl groups excluding tert-OH is 1. The molecule has 1 aromatic rings. The topological polar surface area (TPSA) is 68.5 Å². The number of nitrogens with zero attached hydrogens (tertiary/aromatic N) is 4. The van der Waals surface area contributed by atoms with Gasteiger partial charge in [-0.2, -0.15) is 5.11 Å². The molecule has 0 aromatic heterocycles. The van der Waals surface area contributed by atoms with Gasteiger partial charge in [-0.15, -0.1) is 5.11 Å².